The normalized spacial score (nSPS) is 19.5. The zero-order chi connectivity index (χ0) is 23.7. The van der Waals surface area contributed by atoms with Crippen molar-refractivity contribution in [3.8, 4) is 17.0 Å². The third-order valence-electron chi connectivity index (χ3n) is 6.05. The van der Waals surface area contributed by atoms with Gasteiger partial charge < -0.3 is 19.7 Å². The van der Waals surface area contributed by atoms with E-state index >= 15 is 0 Å². The Morgan fingerprint density at radius 2 is 2.12 bits per heavy atom. The maximum Gasteiger partial charge on any atom is 0.410 e. The molecule has 1 aromatic carbocycles. The third-order valence-corrected chi connectivity index (χ3v) is 6.30. The molecular weight excluding hydrogens is 458 g/mol. The van der Waals surface area contributed by atoms with Gasteiger partial charge in [0.15, 0.2) is 0 Å². The van der Waals surface area contributed by atoms with Crippen LogP contribution < -0.4 is 10.1 Å². The van der Waals surface area contributed by atoms with Crippen LogP contribution in [0.2, 0.25) is 5.02 Å². The molecule has 0 bridgehead atoms. The van der Waals surface area contributed by atoms with Gasteiger partial charge in [-0.25, -0.2) is 4.79 Å². The number of carbonyl (C=O) groups excluding carboxylic acids is 2. The lowest BCUT2D eigenvalue weighted by Gasteiger charge is -2.32. The molecule has 176 valence electrons. The fourth-order valence-corrected chi connectivity index (χ4v) is 4.36. The number of nitrogens with one attached hydrogen (secondary N) is 1. The average molecular weight is 482 g/mol. The van der Waals surface area contributed by atoms with Crippen LogP contribution in [0.4, 0.5) is 4.79 Å². The highest BCUT2D eigenvalue weighted by Crippen LogP contribution is 2.33. The Bertz CT molecular complexity index is 1210. The minimum absolute atomic E-state index is 0.00790. The Kier molecular flexibility index (Phi) is 6.10. The summed E-state index contributed by atoms with van der Waals surface area (Å²) >= 11 is 5.93. The van der Waals surface area contributed by atoms with Crippen LogP contribution in [0.5, 0.6) is 5.75 Å². The minimum atomic E-state index is -0.308. The monoisotopic (exact) mass is 481 g/mol. The number of hydrogen-bond acceptors (Lipinski definition) is 6. The number of piperidine rings is 1. The van der Waals surface area contributed by atoms with Gasteiger partial charge in [-0.3, -0.25) is 14.5 Å². The number of fused-ring (bicyclic) bond motifs is 1. The van der Waals surface area contributed by atoms with E-state index in [2.05, 4.69) is 15.4 Å². The number of aryl methyl sites for hydroxylation is 1. The summed E-state index contributed by atoms with van der Waals surface area (Å²) < 4.78 is 13.2. The zero-order valence-electron chi connectivity index (χ0n) is 18.6. The van der Waals surface area contributed by atoms with Crippen molar-refractivity contribution in [2.24, 2.45) is 7.05 Å². The van der Waals surface area contributed by atoms with Crippen LogP contribution in [0, 0.1) is 0 Å². The van der Waals surface area contributed by atoms with Gasteiger partial charge in [-0.05, 0) is 23.8 Å². The Labute approximate surface area is 201 Å². The van der Waals surface area contributed by atoms with Gasteiger partial charge in [0.25, 0.3) is 5.91 Å². The summed E-state index contributed by atoms with van der Waals surface area (Å²) in [5, 5.41) is 7.99. The van der Waals surface area contributed by atoms with Crippen molar-refractivity contribution in [3.63, 3.8) is 0 Å². The number of halogens is 1. The second-order valence-corrected chi connectivity index (χ2v) is 8.87. The van der Waals surface area contributed by atoms with Crippen molar-refractivity contribution in [2.75, 3.05) is 13.2 Å². The highest BCUT2D eigenvalue weighted by molar-refractivity contribution is 6.30. The fourth-order valence-electron chi connectivity index (χ4n) is 4.23. The first-order valence-electron chi connectivity index (χ1n) is 11.1. The van der Waals surface area contributed by atoms with E-state index in [9.17, 15) is 9.59 Å². The predicted octanol–water partition coefficient (Wildman–Crippen LogP) is 3.43. The van der Waals surface area contributed by atoms with Crippen molar-refractivity contribution >= 4 is 23.6 Å². The number of benzene rings is 1. The summed E-state index contributed by atoms with van der Waals surface area (Å²) in [5.41, 5.74) is 2.59. The molecule has 2 aliphatic rings. The molecule has 1 N–H and O–H groups in total. The van der Waals surface area contributed by atoms with E-state index in [1.165, 1.54) is 0 Å². The predicted molar refractivity (Wildman–Crippen MR) is 125 cm³/mol. The fraction of sp³-hybridized carbons (Fsp3) is 0.333. The van der Waals surface area contributed by atoms with Gasteiger partial charge >= 0.3 is 6.09 Å². The van der Waals surface area contributed by atoms with Gasteiger partial charge in [0.2, 0.25) is 0 Å². The SMILES string of the molecule is Cn1ccc(-c2cnc(C(=O)NCc3ccc(Cl)cc3)cc2O[C@H]2CCN3C(=O)OC[C@@H]3C2)n1. The molecule has 4 heterocycles. The maximum absolute atomic E-state index is 12.8. The minimum Gasteiger partial charge on any atom is -0.489 e. The standard InChI is InChI=1S/C24H24ClN5O4/c1-29-8-7-20(28-29)19-13-26-21(23(31)27-12-15-2-4-16(25)5-3-15)11-22(19)34-18-6-9-30-17(10-18)14-33-24(30)32/h2-5,7-8,11,13,17-18H,6,9-10,12,14H2,1H3,(H,27,31)/t17-,18-/m0/s1. The van der Waals surface area contributed by atoms with E-state index < -0.39 is 0 Å². The van der Waals surface area contributed by atoms with E-state index in [1.54, 1.807) is 34.0 Å². The topological polar surface area (TPSA) is 98.6 Å². The summed E-state index contributed by atoms with van der Waals surface area (Å²) in [5.74, 6) is 0.228. The Morgan fingerprint density at radius 3 is 2.88 bits per heavy atom. The zero-order valence-corrected chi connectivity index (χ0v) is 19.4. The summed E-state index contributed by atoms with van der Waals surface area (Å²) in [7, 11) is 1.84. The van der Waals surface area contributed by atoms with E-state index in [1.807, 2.05) is 31.4 Å². The maximum atomic E-state index is 12.8. The second kappa shape index (κ2) is 9.34. The highest BCUT2D eigenvalue weighted by Gasteiger charge is 2.39. The van der Waals surface area contributed by atoms with E-state index in [4.69, 9.17) is 21.1 Å². The van der Waals surface area contributed by atoms with Crippen molar-refractivity contribution in [2.45, 2.75) is 31.5 Å². The Hall–Kier alpha value is -3.59. The number of amides is 2. The van der Waals surface area contributed by atoms with Gasteiger partial charge in [0, 0.05) is 56.5 Å². The first-order chi connectivity index (χ1) is 16.5. The van der Waals surface area contributed by atoms with Crippen molar-refractivity contribution < 1.29 is 19.1 Å². The summed E-state index contributed by atoms with van der Waals surface area (Å²) in [6, 6.07) is 10.8. The number of aromatic nitrogens is 3. The molecule has 0 saturated carbocycles. The summed E-state index contributed by atoms with van der Waals surface area (Å²) in [4.78, 5) is 30.8. The lowest BCUT2D eigenvalue weighted by Crippen LogP contribution is -2.44. The van der Waals surface area contributed by atoms with E-state index in [0.29, 0.717) is 54.6 Å². The molecule has 0 spiro atoms. The number of cyclic esters (lactones) is 1. The highest BCUT2D eigenvalue weighted by atomic mass is 35.5. The molecule has 2 atom stereocenters. The van der Waals surface area contributed by atoms with Gasteiger partial charge in [0.1, 0.15) is 24.2 Å². The second-order valence-electron chi connectivity index (χ2n) is 8.44. The molecule has 0 aliphatic carbocycles. The molecule has 0 unspecified atom stereocenters. The number of nitrogens with zero attached hydrogens (tertiary/aromatic N) is 4. The molecule has 5 rings (SSSR count). The Morgan fingerprint density at radius 1 is 1.29 bits per heavy atom. The lowest BCUT2D eigenvalue weighted by atomic mass is 10.0. The van der Waals surface area contributed by atoms with Gasteiger partial charge in [-0.2, -0.15) is 5.10 Å². The number of hydrogen-bond donors (Lipinski definition) is 1. The number of ether oxygens (including phenoxy) is 2. The van der Waals surface area contributed by atoms with Crippen LogP contribution >= 0.6 is 11.6 Å². The van der Waals surface area contributed by atoms with Crippen LogP contribution in [0.1, 0.15) is 28.9 Å². The Balaban J connectivity index is 1.35. The van der Waals surface area contributed by atoms with Crippen LogP contribution in [-0.2, 0) is 18.3 Å². The van der Waals surface area contributed by atoms with E-state index in [0.717, 1.165) is 5.56 Å². The van der Waals surface area contributed by atoms with Crippen molar-refractivity contribution in [1.29, 1.82) is 0 Å². The molecule has 2 aromatic heterocycles. The summed E-state index contributed by atoms with van der Waals surface area (Å²) in [6.07, 6.45) is 4.41. The lowest BCUT2D eigenvalue weighted by molar-refractivity contribution is 0.0915. The van der Waals surface area contributed by atoms with Crippen LogP contribution in [0.3, 0.4) is 0 Å². The molecule has 2 fully saturated rings. The van der Waals surface area contributed by atoms with Gasteiger partial charge in [-0.1, -0.05) is 23.7 Å². The molecule has 3 aromatic rings. The van der Waals surface area contributed by atoms with Crippen molar-refractivity contribution in [3.05, 3.63) is 65.1 Å². The van der Waals surface area contributed by atoms with Gasteiger partial charge in [0.05, 0.1) is 17.3 Å². The molecule has 2 saturated heterocycles. The molecule has 0 radical (unpaired) electrons. The summed E-state index contributed by atoms with van der Waals surface area (Å²) in [6.45, 7) is 1.30. The number of rotatable bonds is 6. The first-order valence-corrected chi connectivity index (χ1v) is 11.5. The molecule has 34 heavy (non-hydrogen) atoms. The van der Waals surface area contributed by atoms with Crippen LogP contribution in [0.15, 0.2) is 48.8 Å². The average Bonchev–Trinajstić information content (AvgIpc) is 3.43. The van der Waals surface area contributed by atoms with Crippen LogP contribution in [0.25, 0.3) is 11.3 Å². The molecular formula is C24H24ClN5O4. The number of carbonyl (C=O) groups is 2. The molecule has 9 nitrogen and oxygen atoms in total. The van der Waals surface area contributed by atoms with Crippen LogP contribution in [-0.4, -0.2) is 57.0 Å². The molecule has 2 amide bonds. The molecule has 2 aliphatic heterocycles. The van der Waals surface area contributed by atoms with E-state index in [-0.39, 0.29) is 29.8 Å². The number of pyridine rings is 1. The molecule has 10 heteroatoms. The van der Waals surface area contributed by atoms with Gasteiger partial charge in [-0.15, -0.1) is 0 Å². The van der Waals surface area contributed by atoms with Crippen molar-refractivity contribution in [1.82, 2.24) is 25.0 Å². The quantitative estimate of drug-likeness (QED) is 0.579. The third kappa shape index (κ3) is 4.70. The smallest absolute Gasteiger partial charge is 0.410 e. The largest absolute Gasteiger partial charge is 0.489 e. The first kappa shape index (κ1) is 22.2.